The van der Waals surface area contributed by atoms with Gasteiger partial charge in [0.25, 0.3) is 5.69 Å². The van der Waals surface area contributed by atoms with Crippen molar-refractivity contribution in [2.45, 2.75) is 86.0 Å². The smallest absolute Gasteiger partial charge is 0.308 e. The van der Waals surface area contributed by atoms with Crippen LogP contribution >= 0.6 is 0 Å². The van der Waals surface area contributed by atoms with E-state index in [0.717, 1.165) is 12.1 Å². The molecular formula is C24H36N4O5. The SMILES string of the molecule is CC(C)Cc1cn(C(C)(C)CC(C)(C)Oc2ccc([N+](=O)[O-])c(COC(=O)C(C)C)c2)nn1. The van der Waals surface area contributed by atoms with Gasteiger partial charge in [0.1, 0.15) is 18.0 Å². The van der Waals surface area contributed by atoms with E-state index < -0.39 is 16.5 Å². The van der Waals surface area contributed by atoms with Gasteiger partial charge in [0.2, 0.25) is 0 Å². The van der Waals surface area contributed by atoms with Crippen LogP contribution in [0.15, 0.2) is 24.4 Å². The average Bonchev–Trinajstić information content (AvgIpc) is 3.13. The quantitative estimate of drug-likeness (QED) is 0.262. The van der Waals surface area contributed by atoms with Crippen molar-refractivity contribution >= 4 is 11.7 Å². The van der Waals surface area contributed by atoms with Crippen molar-refractivity contribution in [2.24, 2.45) is 11.8 Å². The van der Waals surface area contributed by atoms with Crippen molar-refractivity contribution in [3.05, 3.63) is 45.8 Å². The van der Waals surface area contributed by atoms with Crippen molar-refractivity contribution in [2.75, 3.05) is 0 Å². The summed E-state index contributed by atoms with van der Waals surface area (Å²) in [6, 6.07) is 4.51. The minimum absolute atomic E-state index is 0.114. The summed E-state index contributed by atoms with van der Waals surface area (Å²) in [6.07, 6.45) is 3.45. The highest BCUT2D eigenvalue weighted by atomic mass is 16.6. The summed E-state index contributed by atoms with van der Waals surface area (Å²) in [4.78, 5) is 22.8. The summed E-state index contributed by atoms with van der Waals surface area (Å²) in [5.41, 5.74) is 0.138. The highest BCUT2D eigenvalue weighted by molar-refractivity contribution is 5.71. The molecule has 0 atom stereocenters. The van der Waals surface area contributed by atoms with E-state index in [2.05, 4.69) is 38.0 Å². The van der Waals surface area contributed by atoms with Crippen LogP contribution in [0, 0.1) is 22.0 Å². The second-order valence-corrected chi connectivity index (χ2v) is 10.4. The molecule has 1 aromatic heterocycles. The predicted molar refractivity (Wildman–Crippen MR) is 125 cm³/mol. The zero-order valence-corrected chi connectivity index (χ0v) is 20.9. The van der Waals surface area contributed by atoms with Crippen LogP contribution in [0.1, 0.15) is 73.1 Å². The number of hydrogen-bond acceptors (Lipinski definition) is 7. The molecule has 0 fully saturated rings. The third kappa shape index (κ3) is 7.54. The first-order chi connectivity index (χ1) is 15.2. The molecule has 0 amide bonds. The third-order valence-corrected chi connectivity index (χ3v) is 5.12. The van der Waals surface area contributed by atoms with Gasteiger partial charge in [-0.05, 0) is 52.2 Å². The molecule has 1 aromatic carbocycles. The Hall–Kier alpha value is -2.97. The largest absolute Gasteiger partial charge is 0.488 e. The number of ether oxygens (including phenoxy) is 2. The van der Waals surface area contributed by atoms with Gasteiger partial charge in [-0.1, -0.05) is 32.9 Å². The van der Waals surface area contributed by atoms with Gasteiger partial charge < -0.3 is 9.47 Å². The maximum Gasteiger partial charge on any atom is 0.308 e. The highest BCUT2D eigenvalue weighted by Crippen LogP contribution is 2.33. The van der Waals surface area contributed by atoms with Gasteiger partial charge >= 0.3 is 5.97 Å². The second kappa shape index (κ2) is 10.3. The Morgan fingerprint density at radius 3 is 2.42 bits per heavy atom. The molecule has 0 saturated heterocycles. The molecule has 2 rings (SSSR count). The first-order valence-corrected chi connectivity index (χ1v) is 11.2. The maximum atomic E-state index is 11.8. The lowest BCUT2D eigenvalue weighted by Crippen LogP contribution is -2.40. The van der Waals surface area contributed by atoms with E-state index in [9.17, 15) is 14.9 Å². The van der Waals surface area contributed by atoms with Crippen molar-refractivity contribution in [3.63, 3.8) is 0 Å². The van der Waals surface area contributed by atoms with Gasteiger partial charge in [0, 0.05) is 18.7 Å². The molecule has 9 heteroatoms. The number of rotatable bonds is 11. The first-order valence-electron chi connectivity index (χ1n) is 11.2. The van der Waals surface area contributed by atoms with Crippen molar-refractivity contribution < 1.29 is 19.2 Å². The Labute approximate surface area is 195 Å². The van der Waals surface area contributed by atoms with E-state index in [1.807, 2.05) is 24.7 Å². The van der Waals surface area contributed by atoms with Gasteiger partial charge in [-0.2, -0.15) is 0 Å². The number of nitrogens with zero attached hydrogens (tertiary/aromatic N) is 4. The van der Waals surface area contributed by atoms with E-state index in [4.69, 9.17) is 9.47 Å². The van der Waals surface area contributed by atoms with E-state index in [0.29, 0.717) is 18.1 Å². The van der Waals surface area contributed by atoms with Crippen LogP contribution in [0.25, 0.3) is 0 Å². The lowest BCUT2D eigenvalue weighted by atomic mass is 9.89. The lowest BCUT2D eigenvalue weighted by Gasteiger charge is -2.35. The van der Waals surface area contributed by atoms with Crippen molar-refractivity contribution in [1.82, 2.24) is 15.0 Å². The number of aromatic nitrogens is 3. The van der Waals surface area contributed by atoms with Crippen LogP contribution in [0.3, 0.4) is 0 Å². The molecule has 0 aliphatic carbocycles. The molecule has 33 heavy (non-hydrogen) atoms. The summed E-state index contributed by atoms with van der Waals surface area (Å²) in [5.74, 6) is 0.232. The Bertz CT molecular complexity index is 979. The Morgan fingerprint density at radius 1 is 1.18 bits per heavy atom. The fraction of sp³-hybridized carbons (Fsp3) is 0.625. The number of carbonyl (C=O) groups excluding carboxylic acids is 1. The Morgan fingerprint density at radius 2 is 1.85 bits per heavy atom. The summed E-state index contributed by atoms with van der Waals surface area (Å²) in [6.45, 7) is 15.6. The monoisotopic (exact) mass is 460 g/mol. The zero-order chi connectivity index (χ0) is 25.0. The first kappa shape index (κ1) is 26.3. The maximum absolute atomic E-state index is 11.8. The van der Waals surface area contributed by atoms with E-state index in [1.54, 1.807) is 26.0 Å². The van der Waals surface area contributed by atoms with Crippen LogP contribution in [0.5, 0.6) is 5.75 Å². The summed E-state index contributed by atoms with van der Waals surface area (Å²) in [5, 5.41) is 20.0. The molecule has 0 saturated carbocycles. The van der Waals surface area contributed by atoms with Gasteiger partial charge in [0.05, 0.1) is 27.6 Å². The van der Waals surface area contributed by atoms with Gasteiger partial charge in [-0.3, -0.25) is 14.9 Å². The number of nitro benzene ring substituents is 1. The van der Waals surface area contributed by atoms with Crippen LogP contribution < -0.4 is 4.74 Å². The lowest BCUT2D eigenvalue weighted by molar-refractivity contribution is -0.385. The molecule has 0 spiro atoms. The molecular weight excluding hydrogens is 424 g/mol. The van der Waals surface area contributed by atoms with E-state index in [-0.39, 0.29) is 29.3 Å². The van der Waals surface area contributed by atoms with Crippen LogP contribution in [-0.4, -0.2) is 31.5 Å². The zero-order valence-electron chi connectivity index (χ0n) is 20.9. The average molecular weight is 461 g/mol. The molecule has 9 nitrogen and oxygen atoms in total. The standard InChI is InChI=1S/C24H36N4O5/c1-16(2)11-19-13-27(26-25-19)23(5,6)15-24(7,8)33-20-9-10-21(28(30)31)18(12-20)14-32-22(29)17(3)4/h9-10,12-13,16-17H,11,14-15H2,1-8H3. The Balaban J connectivity index is 2.18. The number of esters is 1. The van der Waals surface area contributed by atoms with E-state index in [1.165, 1.54) is 6.07 Å². The molecule has 0 bridgehead atoms. The normalized spacial score (nSPS) is 12.3. The molecule has 0 radical (unpaired) electrons. The number of nitro groups is 1. The van der Waals surface area contributed by atoms with Crippen molar-refractivity contribution in [3.8, 4) is 5.75 Å². The van der Waals surface area contributed by atoms with Gasteiger partial charge in [-0.15, -0.1) is 5.10 Å². The number of benzene rings is 1. The molecule has 0 unspecified atom stereocenters. The fourth-order valence-corrected chi connectivity index (χ4v) is 3.82. The minimum Gasteiger partial charge on any atom is -0.488 e. The number of hydrogen-bond donors (Lipinski definition) is 0. The van der Waals surface area contributed by atoms with E-state index >= 15 is 0 Å². The van der Waals surface area contributed by atoms with Gasteiger partial charge in [-0.25, -0.2) is 4.68 Å². The minimum atomic E-state index is -0.615. The Kier molecular flexibility index (Phi) is 8.21. The third-order valence-electron chi connectivity index (χ3n) is 5.12. The molecule has 0 N–H and O–H groups in total. The molecule has 2 aromatic rings. The second-order valence-electron chi connectivity index (χ2n) is 10.4. The van der Waals surface area contributed by atoms with Gasteiger partial charge in [0.15, 0.2) is 0 Å². The predicted octanol–water partition coefficient (Wildman–Crippen LogP) is 5.07. The van der Waals surface area contributed by atoms with Crippen LogP contribution in [0.4, 0.5) is 5.69 Å². The fourth-order valence-electron chi connectivity index (χ4n) is 3.82. The van der Waals surface area contributed by atoms with Crippen molar-refractivity contribution in [1.29, 1.82) is 0 Å². The molecule has 0 aliphatic heterocycles. The molecule has 0 aliphatic rings. The number of carbonyl (C=O) groups is 1. The summed E-state index contributed by atoms with van der Waals surface area (Å²) >= 11 is 0. The topological polar surface area (TPSA) is 109 Å². The van der Waals surface area contributed by atoms with Crippen LogP contribution in [0.2, 0.25) is 0 Å². The summed E-state index contributed by atoms with van der Waals surface area (Å²) < 4.78 is 13.3. The summed E-state index contributed by atoms with van der Waals surface area (Å²) in [7, 11) is 0. The molecule has 182 valence electrons. The highest BCUT2D eigenvalue weighted by Gasteiger charge is 2.33. The molecule has 1 heterocycles. The van der Waals surface area contributed by atoms with Crippen LogP contribution in [-0.2, 0) is 28.1 Å².